The van der Waals surface area contributed by atoms with E-state index in [0.717, 1.165) is 30.5 Å². The Kier molecular flexibility index (Phi) is 4.92. The molecule has 2 amide bonds. The minimum Gasteiger partial charge on any atom is -0.376 e. The van der Waals surface area contributed by atoms with Crippen molar-refractivity contribution in [1.82, 2.24) is 9.55 Å². The van der Waals surface area contributed by atoms with Crippen LogP contribution in [0.2, 0.25) is 5.02 Å². The first-order chi connectivity index (χ1) is 14.6. The van der Waals surface area contributed by atoms with Crippen LogP contribution < -0.4 is 10.2 Å². The van der Waals surface area contributed by atoms with Crippen LogP contribution in [-0.4, -0.2) is 40.6 Å². The molecule has 0 saturated carbocycles. The molecule has 8 heteroatoms. The van der Waals surface area contributed by atoms with Crippen molar-refractivity contribution in [2.45, 2.75) is 31.4 Å². The molecule has 0 aliphatic carbocycles. The highest BCUT2D eigenvalue weighted by Crippen LogP contribution is 2.37. The number of anilines is 2. The Balaban J connectivity index is 1.43. The zero-order valence-electron chi connectivity index (χ0n) is 16.3. The summed E-state index contributed by atoms with van der Waals surface area (Å²) >= 11 is 5.91. The minimum atomic E-state index is -0.638. The number of ether oxygens (including phenoxy) is 1. The van der Waals surface area contributed by atoms with Crippen molar-refractivity contribution in [3.8, 4) is 0 Å². The van der Waals surface area contributed by atoms with Crippen LogP contribution in [0.4, 0.5) is 11.6 Å². The van der Waals surface area contributed by atoms with Crippen LogP contribution in [0.15, 0.2) is 48.5 Å². The number of fused-ring (bicyclic) bond motifs is 3. The molecule has 3 aromatic rings. The Bertz CT molecular complexity index is 1110. The number of hydrogen-bond donors (Lipinski definition) is 1. The first kappa shape index (κ1) is 19.1. The molecular weight excluding hydrogens is 404 g/mol. The molecule has 0 spiro atoms. The van der Waals surface area contributed by atoms with Crippen molar-refractivity contribution in [3.63, 3.8) is 0 Å². The van der Waals surface area contributed by atoms with E-state index in [2.05, 4.69) is 10.3 Å². The summed E-state index contributed by atoms with van der Waals surface area (Å²) in [5, 5.41) is 3.44. The molecule has 30 heavy (non-hydrogen) atoms. The number of nitrogens with one attached hydrogen (secondary N) is 1. The lowest BCUT2D eigenvalue weighted by molar-refractivity contribution is -0.124. The largest absolute Gasteiger partial charge is 0.376 e. The van der Waals surface area contributed by atoms with Gasteiger partial charge in [0.15, 0.2) is 0 Å². The predicted molar refractivity (Wildman–Crippen MR) is 115 cm³/mol. The zero-order chi connectivity index (χ0) is 20.7. The maximum absolute atomic E-state index is 13.3. The minimum absolute atomic E-state index is 0.00357. The van der Waals surface area contributed by atoms with E-state index in [9.17, 15) is 9.59 Å². The molecule has 2 atom stereocenters. The van der Waals surface area contributed by atoms with E-state index in [4.69, 9.17) is 16.3 Å². The molecule has 3 heterocycles. The van der Waals surface area contributed by atoms with E-state index in [-0.39, 0.29) is 24.3 Å². The summed E-state index contributed by atoms with van der Waals surface area (Å²) in [6.45, 7) is 1.17. The highest BCUT2D eigenvalue weighted by atomic mass is 35.5. The molecule has 2 aliphatic rings. The number of rotatable bonds is 5. The van der Waals surface area contributed by atoms with E-state index in [1.54, 1.807) is 29.2 Å². The van der Waals surface area contributed by atoms with Gasteiger partial charge in [-0.3, -0.25) is 19.1 Å². The fourth-order valence-corrected chi connectivity index (χ4v) is 4.31. The van der Waals surface area contributed by atoms with Crippen LogP contribution in [-0.2, 0) is 14.3 Å². The van der Waals surface area contributed by atoms with E-state index in [0.29, 0.717) is 23.2 Å². The Morgan fingerprint density at radius 3 is 2.77 bits per heavy atom. The lowest BCUT2D eigenvalue weighted by Gasteiger charge is -2.19. The number of amides is 2. The maximum atomic E-state index is 13.3. The van der Waals surface area contributed by atoms with Gasteiger partial charge in [0.05, 0.1) is 30.1 Å². The second-order valence-electron chi connectivity index (χ2n) is 7.63. The highest BCUT2D eigenvalue weighted by Gasteiger charge is 2.42. The highest BCUT2D eigenvalue weighted by molar-refractivity contribution is 6.30. The number of carbonyl (C=O) groups is 2. The smallest absolute Gasteiger partial charge is 0.253 e. The van der Waals surface area contributed by atoms with Gasteiger partial charge in [-0.15, -0.1) is 0 Å². The lowest BCUT2D eigenvalue weighted by atomic mass is 10.1. The monoisotopic (exact) mass is 424 g/mol. The second kappa shape index (κ2) is 7.74. The summed E-state index contributed by atoms with van der Waals surface area (Å²) in [5.41, 5.74) is 2.29. The Morgan fingerprint density at radius 2 is 2.00 bits per heavy atom. The van der Waals surface area contributed by atoms with Gasteiger partial charge in [-0.1, -0.05) is 23.7 Å². The average molecular weight is 425 g/mol. The number of nitrogens with zero attached hydrogens (tertiary/aromatic N) is 3. The van der Waals surface area contributed by atoms with Crippen molar-refractivity contribution >= 4 is 46.1 Å². The Hall–Kier alpha value is -2.90. The number of imidazole rings is 1. The molecule has 0 unspecified atom stereocenters. The van der Waals surface area contributed by atoms with Crippen LogP contribution in [0.25, 0.3) is 11.0 Å². The normalized spacial score (nSPS) is 20.7. The third kappa shape index (κ3) is 3.44. The van der Waals surface area contributed by atoms with E-state index in [1.165, 1.54) is 0 Å². The van der Waals surface area contributed by atoms with Crippen LogP contribution in [0.3, 0.4) is 0 Å². The Labute approximate surface area is 178 Å². The topological polar surface area (TPSA) is 76.5 Å². The molecular formula is C22H21ClN4O3. The van der Waals surface area contributed by atoms with E-state index < -0.39 is 6.04 Å². The number of halogens is 1. The number of carbonyl (C=O) groups excluding carboxylic acids is 2. The number of para-hydroxylation sites is 2. The number of benzene rings is 2. The van der Waals surface area contributed by atoms with Gasteiger partial charge in [0.25, 0.3) is 5.91 Å². The molecule has 2 aliphatic heterocycles. The van der Waals surface area contributed by atoms with Crippen LogP contribution in [0.1, 0.15) is 25.3 Å². The maximum Gasteiger partial charge on any atom is 0.253 e. The first-order valence-corrected chi connectivity index (χ1v) is 10.4. The van der Waals surface area contributed by atoms with Gasteiger partial charge in [-0.05, 0) is 49.2 Å². The average Bonchev–Trinajstić information content (AvgIpc) is 3.44. The summed E-state index contributed by atoms with van der Waals surface area (Å²) in [7, 11) is 0. The third-order valence-corrected chi connectivity index (χ3v) is 5.85. The predicted octanol–water partition coefficient (Wildman–Crippen LogP) is 3.79. The van der Waals surface area contributed by atoms with Gasteiger partial charge in [-0.2, -0.15) is 0 Å². The summed E-state index contributed by atoms with van der Waals surface area (Å²) < 4.78 is 7.62. The van der Waals surface area contributed by atoms with Gasteiger partial charge in [0.2, 0.25) is 11.9 Å². The van der Waals surface area contributed by atoms with Crippen molar-refractivity contribution in [3.05, 3.63) is 53.6 Å². The van der Waals surface area contributed by atoms with Crippen molar-refractivity contribution in [1.29, 1.82) is 0 Å². The van der Waals surface area contributed by atoms with Gasteiger partial charge in [-0.25, -0.2) is 4.98 Å². The van der Waals surface area contributed by atoms with Gasteiger partial charge < -0.3 is 10.1 Å². The first-order valence-electron chi connectivity index (χ1n) is 10.1. The summed E-state index contributed by atoms with van der Waals surface area (Å²) in [4.78, 5) is 32.4. The van der Waals surface area contributed by atoms with E-state index in [1.807, 2.05) is 28.8 Å². The van der Waals surface area contributed by atoms with Gasteiger partial charge in [0, 0.05) is 17.3 Å². The molecule has 5 rings (SSSR count). The number of aromatic nitrogens is 2. The standard InChI is InChI=1S/C22H21ClN4O3/c23-14-7-9-15(10-8-14)24-20(28)12-19-21(29)26(13-16-4-3-11-30-16)22-25-17-5-1-2-6-18(17)27(19)22/h1-2,5-10,16,19H,3-4,11-13H2,(H,24,28)/t16-,19+/m1/s1. The fraction of sp³-hybridized carbons (Fsp3) is 0.318. The summed E-state index contributed by atoms with van der Waals surface area (Å²) in [6.07, 6.45) is 1.95. The van der Waals surface area contributed by atoms with Crippen molar-refractivity contribution in [2.24, 2.45) is 0 Å². The third-order valence-electron chi connectivity index (χ3n) is 5.60. The van der Waals surface area contributed by atoms with Crippen LogP contribution in [0.5, 0.6) is 0 Å². The fourth-order valence-electron chi connectivity index (χ4n) is 4.18. The Morgan fingerprint density at radius 1 is 1.20 bits per heavy atom. The molecule has 7 nitrogen and oxygen atoms in total. The lowest BCUT2D eigenvalue weighted by Crippen LogP contribution is -2.37. The van der Waals surface area contributed by atoms with Crippen molar-refractivity contribution in [2.75, 3.05) is 23.4 Å². The molecule has 1 fully saturated rings. The molecule has 0 radical (unpaired) electrons. The number of hydrogen-bond acceptors (Lipinski definition) is 4. The SMILES string of the molecule is O=C(C[C@H]1C(=O)N(C[C@H]2CCCO2)c2nc3ccccc3n21)Nc1ccc(Cl)cc1. The van der Waals surface area contributed by atoms with Crippen LogP contribution in [0, 0.1) is 0 Å². The zero-order valence-corrected chi connectivity index (χ0v) is 17.0. The van der Waals surface area contributed by atoms with Gasteiger partial charge >= 0.3 is 0 Å². The summed E-state index contributed by atoms with van der Waals surface area (Å²) in [5.74, 6) is 0.226. The molecule has 154 valence electrons. The van der Waals surface area contributed by atoms with Crippen molar-refractivity contribution < 1.29 is 14.3 Å². The molecule has 1 saturated heterocycles. The van der Waals surface area contributed by atoms with E-state index >= 15 is 0 Å². The quantitative estimate of drug-likeness (QED) is 0.676. The summed E-state index contributed by atoms with van der Waals surface area (Å²) in [6, 6.07) is 13.9. The molecule has 1 aromatic heterocycles. The molecule has 1 N–H and O–H groups in total. The second-order valence-corrected chi connectivity index (χ2v) is 8.07. The molecule has 2 aromatic carbocycles. The van der Waals surface area contributed by atoms with Crippen LogP contribution >= 0.6 is 11.6 Å². The molecule has 0 bridgehead atoms. The van der Waals surface area contributed by atoms with Gasteiger partial charge in [0.1, 0.15) is 6.04 Å².